The Bertz CT molecular complexity index is 464. The van der Waals surface area contributed by atoms with Gasteiger partial charge in [-0.3, -0.25) is 9.69 Å². The molecule has 2 saturated heterocycles. The van der Waals surface area contributed by atoms with Gasteiger partial charge in [-0.15, -0.1) is 22.9 Å². The van der Waals surface area contributed by atoms with E-state index in [4.69, 9.17) is 11.6 Å². The molecular weight excluding hydrogens is 282 g/mol. The molecular formula is C13H18ClN3OS. The highest BCUT2D eigenvalue weighted by atomic mass is 35.5. The zero-order valence-corrected chi connectivity index (χ0v) is 12.4. The number of nitrogens with zero attached hydrogens (tertiary/aromatic N) is 3. The molecule has 4 nitrogen and oxygen atoms in total. The van der Waals surface area contributed by atoms with Crippen LogP contribution in [-0.2, 0) is 17.1 Å². The summed E-state index contributed by atoms with van der Waals surface area (Å²) in [5.74, 6) is 0.843. The number of aromatic nitrogens is 1. The summed E-state index contributed by atoms with van der Waals surface area (Å²) in [5, 5.41) is 3.20. The molecule has 104 valence electrons. The normalized spacial score (nSPS) is 23.9. The van der Waals surface area contributed by atoms with E-state index >= 15 is 0 Å². The van der Waals surface area contributed by atoms with Gasteiger partial charge in [-0.2, -0.15) is 0 Å². The predicted octanol–water partition coefficient (Wildman–Crippen LogP) is 1.73. The maximum atomic E-state index is 11.6. The van der Waals surface area contributed by atoms with Gasteiger partial charge in [0.15, 0.2) is 0 Å². The second-order valence-electron chi connectivity index (χ2n) is 5.20. The maximum Gasteiger partial charge on any atom is 0.222 e. The number of fused-ring (bicyclic) bond motifs is 1. The molecule has 1 unspecified atom stereocenters. The molecule has 3 heterocycles. The van der Waals surface area contributed by atoms with Gasteiger partial charge in [-0.1, -0.05) is 0 Å². The fourth-order valence-electron chi connectivity index (χ4n) is 2.91. The van der Waals surface area contributed by atoms with Gasteiger partial charge in [0, 0.05) is 50.4 Å². The Morgan fingerprint density at radius 1 is 1.47 bits per heavy atom. The first kappa shape index (κ1) is 13.3. The van der Waals surface area contributed by atoms with Crippen LogP contribution in [0, 0.1) is 0 Å². The molecule has 0 N–H and O–H groups in total. The van der Waals surface area contributed by atoms with Gasteiger partial charge in [0.25, 0.3) is 0 Å². The summed E-state index contributed by atoms with van der Waals surface area (Å²) in [4.78, 5) is 20.6. The number of carbonyl (C=O) groups excluding carboxylic acids is 1. The molecule has 1 aromatic heterocycles. The Hall–Kier alpha value is -0.650. The highest BCUT2D eigenvalue weighted by molar-refractivity contribution is 7.09. The van der Waals surface area contributed by atoms with Gasteiger partial charge in [0.05, 0.1) is 16.6 Å². The minimum Gasteiger partial charge on any atom is -0.337 e. The number of amides is 1. The first-order chi connectivity index (χ1) is 9.26. The minimum absolute atomic E-state index is 0.344. The molecule has 1 atom stereocenters. The highest BCUT2D eigenvalue weighted by Gasteiger charge is 2.35. The predicted molar refractivity (Wildman–Crippen MR) is 76.6 cm³/mol. The van der Waals surface area contributed by atoms with Crippen LogP contribution in [-0.4, -0.2) is 52.9 Å². The van der Waals surface area contributed by atoms with E-state index in [1.165, 1.54) is 5.01 Å². The summed E-state index contributed by atoms with van der Waals surface area (Å²) in [6.07, 6.45) is 2.76. The number of piperazine rings is 1. The average molecular weight is 300 g/mol. The summed E-state index contributed by atoms with van der Waals surface area (Å²) in [7, 11) is 0. The van der Waals surface area contributed by atoms with Crippen molar-refractivity contribution in [3.8, 4) is 0 Å². The standard InChI is InChI=1S/C13H18ClN3OS/c14-7-10-9-19-12(15-10)3-4-16-5-6-17-11(8-16)1-2-13(17)18/h9,11H,1-8H2. The number of hydrogen-bond acceptors (Lipinski definition) is 4. The molecule has 0 aromatic carbocycles. The summed E-state index contributed by atoms with van der Waals surface area (Å²) in [6, 6.07) is 0.455. The fourth-order valence-corrected chi connectivity index (χ4v) is 3.93. The van der Waals surface area contributed by atoms with Gasteiger partial charge in [-0.25, -0.2) is 4.98 Å². The van der Waals surface area contributed by atoms with E-state index < -0.39 is 0 Å². The van der Waals surface area contributed by atoms with Crippen molar-refractivity contribution in [3.63, 3.8) is 0 Å². The number of thiazole rings is 1. The van der Waals surface area contributed by atoms with Crippen LogP contribution < -0.4 is 0 Å². The van der Waals surface area contributed by atoms with E-state index in [9.17, 15) is 4.79 Å². The smallest absolute Gasteiger partial charge is 0.222 e. The van der Waals surface area contributed by atoms with Crippen molar-refractivity contribution in [2.45, 2.75) is 31.2 Å². The van der Waals surface area contributed by atoms with Crippen LogP contribution in [0.25, 0.3) is 0 Å². The number of carbonyl (C=O) groups is 1. The number of halogens is 1. The van der Waals surface area contributed by atoms with Crippen LogP contribution in [0.4, 0.5) is 0 Å². The third kappa shape index (κ3) is 2.93. The minimum atomic E-state index is 0.344. The largest absolute Gasteiger partial charge is 0.337 e. The summed E-state index contributed by atoms with van der Waals surface area (Å²) >= 11 is 7.46. The van der Waals surface area contributed by atoms with Crippen molar-refractivity contribution in [3.05, 3.63) is 16.1 Å². The highest BCUT2D eigenvalue weighted by Crippen LogP contribution is 2.23. The average Bonchev–Trinajstić information content (AvgIpc) is 3.03. The summed E-state index contributed by atoms with van der Waals surface area (Å²) in [6.45, 7) is 3.96. The molecule has 2 fully saturated rings. The first-order valence-corrected chi connectivity index (χ1v) is 8.19. The van der Waals surface area contributed by atoms with Gasteiger partial charge < -0.3 is 4.90 Å². The lowest BCUT2D eigenvalue weighted by molar-refractivity contribution is -0.130. The topological polar surface area (TPSA) is 36.4 Å². The van der Waals surface area contributed by atoms with Crippen LogP contribution in [0.5, 0.6) is 0 Å². The lowest BCUT2D eigenvalue weighted by atomic mass is 10.1. The molecule has 0 radical (unpaired) electrons. The molecule has 6 heteroatoms. The van der Waals surface area contributed by atoms with Crippen molar-refractivity contribution >= 4 is 28.8 Å². The Balaban J connectivity index is 1.50. The molecule has 0 spiro atoms. The van der Waals surface area contributed by atoms with E-state index in [1.807, 2.05) is 5.38 Å². The van der Waals surface area contributed by atoms with E-state index in [-0.39, 0.29) is 0 Å². The molecule has 0 aliphatic carbocycles. The lowest BCUT2D eigenvalue weighted by Crippen LogP contribution is -2.51. The third-order valence-corrected chi connectivity index (χ3v) is 5.19. The van der Waals surface area contributed by atoms with Crippen LogP contribution in [0.1, 0.15) is 23.5 Å². The van der Waals surface area contributed by atoms with E-state index in [2.05, 4.69) is 14.8 Å². The summed E-state index contributed by atoms with van der Waals surface area (Å²) in [5.41, 5.74) is 0.980. The van der Waals surface area contributed by atoms with Crippen molar-refractivity contribution in [1.29, 1.82) is 0 Å². The van der Waals surface area contributed by atoms with Crippen molar-refractivity contribution < 1.29 is 4.79 Å². The van der Waals surface area contributed by atoms with Crippen LogP contribution in [0.3, 0.4) is 0 Å². The number of alkyl halides is 1. The zero-order chi connectivity index (χ0) is 13.2. The first-order valence-electron chi connectivity index (χ1n) is 6.77. The third-order valence-electron chi connectivity index (χ3n) is 3.96. The number of hydrogen-bond donors (Lipinski definition) is 0. The molecule has 19 heavy (non-hydrogen) atoms. The van der Waals surface area contributed by atoms with E-state index in [1.54, 1.807) is 11.3 Å². The molecule has 2 aliphatic rings. The molecule has 0 saturated carbocycles. The van der Waals surface area contributed by atoms with Crippen molar-refractivity contribution in [1.82, 2.24) is 14.8 Å². The van der Waals surface area contributed by atoms with Gasteiger partial charge in [0.2, 0.25) is 5.91 Å². The van der Waals surface area contributed by atoms with Crippen molar-refractivity contribution in [2.24, 2.45) is 0 Å². The Morgan fingerprint density at radius 2 is 2.37 bits per heavy atom. The van der Waals surface area contributed by atoms with Gasteiger partial charge >= 0.3 is 0 Å². The molecule has 3 rings (SSSR count). The van der Waals surface area contributed by atoms with Crippen LogP contribution >= 0.6 is 22.9 Å². The van der Waals surface area contributed by atoms with Gasteiger partial charge in [-0.05, 0) is 6.42 Å². The second-order valence-corrected chi connectivity index (χ2v) is 6.41. The van der Waals surface area contributed by atoms with E-state index in [0.717, 1.165) is 51.1 Å². The van der Waals surface area contributed by atoms with Crippen LogP contribution in [0.2, 0.25) is 0 Å². The molecule has 0 bridgehead atoms. The maximum absolute atomic E-state index is 11.6. The number of rotatable bonds is 4. The molecule has 2 aliphatic heterocycles. The summed E-state index contributed by atoms with van der Waals surface area (Å²) < 4.78 is 0. The van der Waals surface area contributed by atoms with Gasteiger partial charge in [0.1, 0.15) is 0 Å². The quantitative estimate of drug-likeness (QED) is 0.795. The second kappa shape index (κ2) is 5.77. The van der Waals surface area contributed by atoms with E-state index in [0.29, 0.717) is 17.8 Å². The SMILES string of the molecule is O=C1CCC2CN(CCc3nc(CCl)cs3)CCN12. The monoisotopic (exact) mass is 299 g/mol. The molecule has 1 aromatic rings. The Kier molecular flexibility index (Phi) is 4.05. The molecule has 1 amide bonds. The Morgan fingerprint density at radius 3 is 3.16 bits per heavy atom. The zero-order valence-electron chi connectivity index (χ0n) is 10.8. The van der Waals surface area contributed by atoms with Crippen molar-refractivity contribution in [2.75, 3.05) is 26.2 Å². The van der Waals surface area contributed by atoms with Crippen LogP contribution in [0.15, 0.2) is 5.38 Å². The lowest BCUT2D eigenvalue weighted by Gasteiger charge is -2.37. The Labute approximate surface area is 122 Å². The fraction of sp³-hybridized carbons (Fsp3) is 0.692.